The van der Waals surface area contributed by atoms with Crippen LogP contribution in [0.3, 0.4) is 0 Å². The van der Waals surface area contributed by atoms with Crippen molar-refractivity contribution in [2.45, 2.75) is 23.9 Å². The second-order valence-electron chi connectivity index (χ2n) is 4.24. The standard InChI is InChI=1S/C13H13N3O4S/c1-6-4-7(2)16-11(8(6)13(18)19)21-12-9(20-3)10(17)14-5-15-12/h4-5H,1-3H3,(H,18,19)(H,14,15,17). The number of aryl methyl sites for hydroxylation is 2. The molecule has 7 nitrogen and oxygen atoms in total. The van der Waals surface area contributed by atoms with Gasteiger partial charge in [0.05, 0.1) is 19.0 Å². The Morgan fingerprint density at radius 3 is 2.71 bits per heavy atom. The first-order valence-corrected chi connectivity index (χ1v) is 6.76. The Bertz CT molecular complexity index is 758. The van der Waals surface area contributed by atoms with Crippen molar-refractivity contribution < 1.29 is 14.6 Å². The second-order valence-corrected chi connectivity index (χ2v) is 5.22. The van der Waals surface area contributed by atoms with E-state index in [2.05, 4.69) is 15.0 Å². The van der Waals surface area contributed by atoms with Crippen LogP contribution >= 0.6 is 11.8 Å². The van der Waals surface area contributed by atoms with Gasteiger partial charge in [-0.15, -0.1) is 0 Å². The van der Waals surface area contributed by atoms with E-state index in [4.69, 9.17) is 4.74 Å². The average molecular weight is 307 g/mol. The van der Waals surface area contributed by atoms with Gasteiger partial charge in [-0.2, -0.15) is 0 Å². The lowest BCUT2D eigenvalue weighted by Crippen LogP contribution is -2.11. The van der Waals surface area contributed by atoms with Crippen LogP contribution in [-0.4, -0.2) is 33.1 Å². The molecule has 0 aromatic carbocycles. The number of aromatic carboxylic acids is 1. The first kappa shape index (κ1) is 15.0. The number of H-pyrrole nitrogens is 1. The van der Waals surface area contributed by atoms with Crippen molar-refractivity contribution in [2.75, 3.05) is 7.11 Å². The minimum absolute atomic E-state index is 0.0276. The van der Waals surface area contributed by atoms with Crippen molar-refractivity contribution in [1.29, 1.82) is 0 Å². The lowest BCUT2D eigenvalue weighted by Gasteiger charge is -2.10. The fraction of sp³-hybridized carbons (Fsp3) is 0.231. The molecule has 8 heteroatoms. The smallest absolute Gasteiger partial charge is 0.338 e. The van der Waals surface area contributed by atoms with E-state index in [1.807, 2.05) is 0 Å². The van der Waals surface area contributed by atoms with Gasteiger partial charge < -0.3 is 14.8 Å². The minimum Gasteiger partial charge on any atom is -0.489 e. The summed E-state index contributed by atoms with van der Waals surface area (Å²) in [6.07, 6.45) is 1.23. The molecule has 0 aliphatic carbocycles. The van der Waals surface area contributed by atoms with E-state index in [9.17, 15) is 14.7 Å². The Labute approximate surface area is 124 Å². The molecule has 0 aliphatic heterocycles. The summed E-state index contributed by atoms with van der Waals surface area (Å²) in [5.74, 6) is -1.05. The first-order valence-electron chi connectivity index (χ1n) is 5.95. The van der Waals surface area contributed by atoms with Crippen molar-refractivity contribution in [3.05, 3.63) is 39.6 Å². The number of nitrogens with zero attached hydrogens (tertiary/aromatic N) is 2. The van der Waals surface area contributed by atoms with E-state index in [0.29, 0.717) is 11.3 Å². The Hall–Kier alpha value is -2.35. The molecule has 0 atom stereocenters. The zero-order chi connectivity index (χ0) is 15.6. The van der Waals surface area contributed by atoms with Crippen molar-refractivity contribution in [2.24, 2.45) is 0 Å². The van der Waals surface area contributed by atoms with Crippen LogP contribution in [0, 0.1) is 13.8 Å². The third kappa shape index (κ3) is 3.05. The van der Waals surface area contributed by atoms with Crippen LogP contribution in [0.15, 0.2) is 27.2 Å². The highest BCUT2D eigenvalue weighted by molar-refractivity contribution is 7.99. The molecule has 0 saturated heterocycles. The Morgan fingerprint density at radius 2 is 2.10 bits per heavy atom. The molecular weight excluding hydrogens is 294 g/mol. The lowest BCUT2D eigenvalue weighted by atomic mass is 10.1. The molecule has 2 N–H and O–H groups in total. The maximum absolute atomic E-state index is 11.6. The van der Waals surface area contributed by atoms with E-state index in [0.717, 1.165) is 11.8 Å². The molecular formula is C13H13N3O4S. The van der Waals surface area contributed by atoms with Crippen LogP contribution in [-0.2, 0) is 0 Å². The summed E-state index contributed by atoms with van der Waals surface area (Å²) < 4.78 is 5.01. The fourth-order valence-electron chi connectivity index (χ4n) is 1.85. The predicted octanol–water partition coefficient (Wildman–Crippen LogP) is 1.64. The largest absolute Gasteiger partial charge is 0.489 e. The predicted molar refractivity (Wildman–Crippen MR) is 76.2 cm³/mol. The normalized spacial score (nSPS) is 10.4. The maximum atomic E-state index is 11.6. The highest BCUT2D eigenvalue weighted by atomic mass is 32.2. The topological polar surface area (TPSA) is 105 Å². The van der Waals surface area contributed by atoms with Gasteiger partial charge in [0, 0.05) is 5.69 Å². The van der Waals surface area contributed by atoms with Crippen molar-refractivity contribution in [3.8, 4) is 5.75 Å². The van der Waals surface area contributed by atoms with Gasteiger partial charge in [-0.05, 0) is 37.2 Å². The van der Waals surface area contributed by atoms with E-state index >= 15 is 0 Å². The number of carboxylic acids is 1. The molecule has 0 amide bonds. The van der Waals surface area contributed by atoms with E-state index in [-0.39, 0.29) is 21.4 Å². The summed E-state index contributed by atoms with van der Waals surface area (Å²) in [5, 5.41) is 9.86. The Morgan fingerprint density at radius 1 is 1.38 bits per heavy atom. The van der Waals surface area contributed by atoms with E-state index < -0.39 is 11.5 Å². The minimum atomic E-state index is -1.08. The van der Waals surface area contributed by atoms with Crippen molar-refractivity contribution in [3.63, 3.8) is 0 Å². The number of hydrogen-bond donors (Lipinski definition) is 2. The van der Waals surface area contributed by atoms with Crippen molar-refractivity contribution in [1.82, 2.24) is 15.0 Å². The van der Waals surface area contributed by atoms with Gasteiger partial charge in [0.15, 0.2) is 5.03 Å². The van der Waals surface area contributed by atoms with Gasteiger partial charge >= 0.3 is 5.97 Å². The number of rotatable bonds is 4. The van der Waals surface area contributed by atoms with Crippen LogP contribution in [0.4, 0.5) is 0 Å². The zero-order valence-electron chi connectivity index (χ0n) is 11.6. The number of ether oxygens (including phenoxy) is 1. The van der Waals surface area contributed by atoms with Gasteiger partial charge in [-0.3, -0.25) is 4.79 Å². The number of carbonyl (C=O) groups is 1. The van der Waals surface area contributed by atoms with Gasteiger partial charge in [-0.25, -0.2) is 14.8 Å². The molecule has 2 aromatic rings. The van der Waals surface area contributed by atoms with Crippen LogP contribution in [0.25, 0.3) is 0 Å². The molecule has 0 unspecified atom stereocenters. The molecule has 21 heavy (non-hydrogen) atoms. The van der Waals surface area contributed by atoms with Crippen LogP contribution in [0.2, 0.25) is 0 Å². The van der Waals surface area contributed by atoms with Gasteiger partial charge in [0.1, 0.15) is 5.03 Å². The third-order valence-electron chi connectivity index (χ3n) is 2.70. The quantitative estimate of drug-likeness (QED) is 0.827. The summed E-state index contributed by atoms with van der Waals surface area (Å²) >= 11 is 0.988. The van der Waals surface area contributed by atoms with E-state index in [1.54, 1.807) is 19.9 Å². The van der Waals surface area contributed by atoms with Gasteiger partial charge in [0.2, 0.25) is 5.75 Å². The Balaban J connectivity index is 2.57. The molecule has 0 bridgehead atoms. The van der Waals surface area contributed by atoms with E-state index in [1.165, 1.54) is 13.4 Å². The van der Waals surface area contributed by atoms with Gasteiger partial charge in [0.25, 0.3) is 5.56 Å². The molecule has 0 spiro atoms. The molecule has 2 rings (SSSR count). The molecule has 0 aliphatic rings. The summed E-state index contributed by atoms with van der Waals surface area (Å²) in [7, 11) is 1.35. The summed E-state index contributed by atoms with van der Waals surface area (Å²) in [4.78, 5) is 33.7. The number of pyridine rings is 1. The number of aromatic nitrogens is 3. The highest BCUT2D eigenvalue weighted by Gasteiger charge is 2.20. The summed E-state index contributed by atoms with van der Waals surface area (Å²) in [6.45, 7) is 3.47. The summed E-state index contributed by atoms with van der Waals surface area (Å²) in [6, 6.07) is 1.69. The molecule has 0 saturated carbocycles. The van der Waals surface area contributed by atoms with Crippen LogP contribution in [0.1, 0.15) is 21.6 Å². The average Bonchev–Trinajstić information content (AvgIpc) is 2.37. The van der Waals surface area contributed by atoms with Gasteiger partial charge in [-0.1, -0.05) is 0 Å². The highest BCUT2D eigenvalue weighted by Crippen LogP contribution is 2.33. The molecule has 0 radical (unpaired) electrons. The maximum Gasteiger partial charge on any atom is 0.338 e. The first-order chi connectivity index (χ1) is 9.93. The number of carboxylic acid groups (broad SMARTS) is 1. The molecule has 2 aromatic heterocycles. The number of hydrogen-bond acceptors (Lipinski definition) is 6. The molecule has 110 valence electrons. The van der Waals surface area contributed by atoms with Crippen LogP contribution < -0.4 is 10.3 Å². The fourth-order valence-corrected chi connectivity index (χ4v) is 2.95. The molecule has 0 fully saturated rings. The zero-order valence-corrected chi connectivity index (χ0v) is 12.4. The number of aromatic amines is 1. The second kappa shape index (κ2) is 5.96. The SMILES string of the molecule is COc1c(Sc2nc(C)cc(C)c2C(=O)O)nc[nH]c1=O. The Kier molecular flexibility index (Phi) is 4.27. The third-order valence-corrected chi connectivity index (χ3v) is 3.67. The number of nitrogens with one attached hydrogen (secondary N) is 1. The number of methoxy groups -OCH3 is 1. The molecule has 2 heterocycles. The monoisotopic (exact) mass is 307 g/mol. The van der Waals surface area contributed by atoms with Crippen LogP contribution in [0.5, 0.6) is 5.75 Å². The lowest BCUT2D eigenvalue weighted by molar-refractivity contribution is 0.0691. The van der Waals surface area contributed by atoms with Crippen molar-refractivity contribution >= 4 is 17.7 Å². The summed E-state index contributed by atoms with van der Waals surface area (Å²) in [5.41, 5.74) is 0.941.